The number of amides is 1. The average molecular weight is 275 g/mol. The second-order valence-electron chi connectivity index (χ2n) is 5.88. The second kappa shape index (κ2) is 5.87. The summed E-state index contributed by atoms with van der Waals surface area (Å²) in [7, 11) is 0. The Kier molecular flexibility index (Phi) is 3.96. The van der Waals surface area contributed by atoms with Gasteiger partial charge in [0.05, 0.1) is 30.8 Å². The van der Waals surface area contributed by atoms with Gasteiger partial charge < -0.3 is 10.1 Å². The predicted molar refractivity (Wildman–Crippen MR) is 74.3 cm³/mol. The van der Waals surface area contributed by atoms with Crippen molar-refractivity contribution in [2.75, 3.05) is 6.61 Å². The molecule has 1 aliphatic carbocycles. The van der Waals surface area contributed by atoms with Crippen molar-refractivity contribution < 1.29 is 9.53 Å². The number of rotatable bonds is 2. The van der Waals surface area contributed by atoms with E-state index in [1.54, 1.807) is 6.20 Å². The first-order valence-corrected chi connectivity index (χ1v) is 7.46. The Hall–Kier alpha value is -1.49. The van der Waals surface area contributed by atoms with E-state index in [2.05, 4.69) is 22.2 Å². The van der Waals surface area contributed by atoms with Gasteiger partial charge in [-0.05, 0) is 31.6 Å². The highest BCUT2D eigenvalue weighted by atomic mass is 16.5. The first-order valence-electron chi connectivity index (χ1n) is 7.46. The van der Waals surface area contributed by atoms with Crippen LogP contribution in [0.2, 0.25) is 0 Å². The van der Waals surface area contributed by atoms with Crippen molar-refractivity contribution in [3.8, 4) is 0 Å². The first-order chi connectivity index (χ1) is 9.72. The SMILES string of the molecule is CC1CCC(NC(=O)c2cnc3c(n2)COCC3)CC1. The van der Waals surface area contributed by atoms with Gasteiger partial charge in [0.1, 0.15) is 5.69 Å². The first kappa shape index (κ1) is 13.5. The highest BCUT2D eigenvalue weighted by Crippen LogP contribution is 2.23. The molecule has 1 amide bonds. The fourth-order valence-corrected chi connectivity index (χ4v) is 2.89. The van der Waals surface area contributed by atoms with E-state index in [9.17, 15) is 4.79 Å². The Labute approximate surface area is 119 Å². The highest BCUT2D eigenvalue weighted by molar-refractivity contribution is 5.92. The summed E-state index contributed by atoms with van der Waals surface area (Å²) in [5, 5.41) is 3.08. The minimum atomic E-state index is -0.106. The fourth-order valence-electron chi connectivity index (χ4n) is 2.89. The van der Waals surface area contributed by atoms with Crippen LogP contribution in [0, 0.1) is 5.92 Å². The third-order valence-corrected chi connectivity index (χ3v) is 4.24. The molecule has 20 heavy (non-hydrogen) atoms. The van der Waals surface area contributed by atoms with Crippen LogP contribution < -0.4 is 5.32 Å². The van der Waals surface area contributed by atoms with Crippen LogP contribution in [0.4, 0.5) is 0 Å². The standard InChI is InChI=1S/C15H21N3O2/c1-10-2-4-11(5-3-10)17-15(19)13-8-16-12-6-7-20-9-14(12)18-13/h8,10-11H,2-7,9H2,1H3,(H,17,19). The normalized spacial score (nSPS) is 25.9. The quantitative estimate of drug-likeness (QED) is 0.894. The zero-order valence-electron chi connectivity index (χ0n) is 11.9. The number of carbonyl (C=O) groups excluding carboxylic acids is 1. The van der Waals surface area contributed by atoms with Crippen molar-refractivity contribution in [2.24, 2.45) is 5.92 Å². The van der Waals surface area contributed by atoms with Crippen LogP contribution in [0.15, 0.2) is 6.20 Å². The summed E-state index contributed by atoms with van der Waals surface area (Å²) in [4.78, 5) is 21.0. The summed E-state index contributed by atoms with van der Waals surface area (Å²) in [6, 6.07) is 0.285. The molecule has 0 radical (unpaired) electrons. The number of nitrogens with one attached hydrogen (secondary N) is 1. The van der Waals surface area contributed by atoms with Gasteiger partial charge in [-0.25, -0.2) is 4.98 Å². The number of hydrogen-bond donors (Lipinski definition) is 1. The molecule has 108 valence electrons. The number of nitrogens with zero attached hydrogens (tertiary/aromatic N) is 2. The summed E-state index contributed by atoms with van der Waals surface area (Å²) in [5.41, 5.74) is 2.17. The minimum Gasteiger partial charge on any atom is -0.375 e. The van der Waals surface area contributed by atoms with Crippen LogP contribution in [-0.2, 0) is 17.8 Å². The van der Waals surface area contributed by atoms with Gasteiger partial charge in [-0.1, -0.05) is 6.92 Å². The van der Waals surface area contributed by atoms with E-state index in [0.717, 1.165) is 36.6 Å². The third-order valence-electron chi connectivity index (χ3n) is 4.24. The molecule has 1 aliphatic heterocycles. The van der Waals surface area contributed by atoms with Crippen molar-refractivity contribution in [1.29, 1.82) is 0 Å². The minimum absolute atomic E-state index is 0.106. The highest BCUT2D eigenvalue weighted by Gasteiger charge is 2.22. The number of aromatic nitrogens is 2. The lowest BCUT2D eigenvalue weighted by molar-refractivity contribution is 0.0909. The van der Waals surface area contributed by atoms with Crippen LogP contribution >= 0.6 is 0 Å². The Morgan fingerprint density at radius 2 is 2.10 bits per heavy atom. The topological polar surface area (TPSA) is 64.1 Å². The number of fused-ring (bicyclic) bond motifs is 1. The van der Waals surface area contributed by atoms with Crippen LogP contribution in [0.1, 0.15) is 54.5 Å². The summed E-state index contributed by atoms with van der Waals surface area (Å²) in [6.45, 7) is 3.42. The molecule has 2 aliphatic rings. The molecule has 0 unspecified atom stereocenters. The van der Waals surface area contributed by atoms with Gasteiger partial charge in [0.15, 0.2) is 0 Å². The fraction of sp³-hybridized carbons (Fsp3) is 0.667. The molecule has 5 nitrogen and oxygen atoms in total. The van der Waals surface area contributed by atoms with Crippen molar-refractivity contribution >= 4 is 5.91 Å². The molecule has 0 bridgehead atoms. The molecule has 1 saturated carbocycles. The lowest BCUT2D eigenvalue weighted by Gasteiger charge is -2.26. The third kappa shape index (κ3) is 2.98. The smallest absolute Gasteiger partial charge is 0.271 e. The van der Waals surface area contributed by atoms with Crippen LogP contribution in [0.5, 0.6) is 0 Å². The van der Waals surface area contributed by atoms with Gasteiger partial charge in [0, 0.05) is 12.5 Å². The van der Waals surface area contributed by atoms with E-state index in [-0.39, 0.29) is 11.9 Å². The molecule has 1 N–H and O–H groups in total. The van der Waals surface area contributed by atoms with E-state index in [0.29, 0.717) is 18.9 Å². The molecule has 3 rings (SSSR count). The van der Waals surface area contributed by atoms with Crippen LogP contribution in [0.3, 0.4) is 0 Å². The van der Waals surface area contributed by atoms with Crippen molar-refractivity contribution in [3.05, 3.63) is 23.3 Å². The molecule has 0 aromatic carbocycles. The van der Waals surface area contributed by atoms with Gasteiger partial charge in [-0.3, -0.25) is 9.78 Å². The van der Waals surface area contributed by atoms with E-state index < -0.39 is 0 Å². The van der Waals surface area contributed by atoms with Gasteiger partial charge >= 0.3 is 0 Å². The molecule has 5 heteroatoms. The van der Waals surface area contributed by atoms with E-state index in [1.165, 1.54) is 12.8 Å². The maximum absolute atomic E-state index is 12.2. The average Bonchev–Trinajstić information content (AvgIpc) is 2.49. The molecule has 0 spiro atoms. The largest absolute Gasteiger partial charge is 0.375 e. The van der Waals surface area contributed by atoms with Crippen LogP contribution in [-0.4, -0.2) is 28.5 Å². The van der Waals surface area contributed by atoms with Gasteiger partial charge in [-0.15, -0.1) is 0 Å². The summed E-state index contributed by atoms with van der Waals surface area (Å²) >= 11 is 0. The Morgan fingerprint density at radius 3 is 2.90 bits per heavy atom. The second-order valence-corrected chi connectivity index (χ2v) is 5.88. The monoisotopic (exact) mass is 275 g/mol. The van der Waals surface area contributed by atoms with E-state index >= 15 is 0 Å². The summed E-state index contributed by atoms with van der Waals surface area (Å²) in [5.74, 6) is 0.675. The lowest BCUT2D eigenvalue weighted by atomic mass is 9.87. The molecular formula is C15H21N3O2. The lowest BCUT2D eigenvalue weighted by Crippen LogP contribution is -2.38. The van der Waals surface area contributed by atoms with Crippen molar-refractivity contribution in [2.45, 2.75) is 51.7 Å². The van der Waals surface area contributed by atoms with Crippen molar-refractivity contribution in [3.63, 3.8) is 0 Å². The van der Waals surface area contributed by atoms with Gasteiger partial charge in [0.25, 0.3) is 5.91 Å². The maximum Gasteiger partial charge on any atom is 0.271 e. The zero-order valence-corrected chi connectivity index (χ0v) is 11.9. The number of hydrogen-bond acceptors (Lipinski definition) is 4. The Morgan fingerprint density at radius 1 is 1.30 bits per heavy atom. The molecule has 1 aromatic rings. The van der Waals surface area contributed by atoms with Crippen molar-refractivity contribution in [1.82, 2.24) is 15.3 Å². The molecule has 0 saturated heterocycles. The number of carbonyl (C=O) groups is 1. The van der Waals surface area contributed by atoms with Gasteiger partial charge in [0.2, 0.25) is 0 Å². The summed E-state index contributed by atoms with van der Waals surface area (Å²) in [6.07, 6.45) is 6.88. The van der Waals surface area contributed by atoms with Gasteiger partial charge in [-0.2, -0.15) is 0 Å². The number of ether oxygens (including phenoxy) is 1. The predicted octanol–water partition coefficient (Wildman–Crippen LogP) is 1.86. The summed E-state index contributed by atoms with van der Waals surface area (Å²) < 4.78 is 5.36. The Balaban J connectivity index is 1.65. The molecular weight excluding hydrogens is 254 g/mol. The van der Waals surface area contributed by atoms with E-state index in [4.69, 9.17) is 4.74 Å². The molecule has 0 atom stereocenters. The molecule has 1 fully saturated rings. The molecule has 1 aromatic heterocycles. The molecule has 2 heterocycles. The van der Waals surface area contributed by atoms with E-state index in [1.807, 2.05) is 0 Å². The maximum atomic E-state index is 12.2. The Bertz CT molecular complexity index is 496. The zero-order chi connectivity index (χ0) is 13.9. The van der Waals surface area contributed by atoms with Crippen LogP contribution in [0.25, 0.3) is 0 Å².